The lowest BCUT2D eigenvalue weighted by Crippen LogP contribution is -2.51. The molecule has 1 amide bonds. The number of aliphatic hydroxyl groups is 1. The van der Waals surface area contributed by atoms with Gasteiger partial charge in [0, 0.05) is 39.3 Å². The molecule has 22 heavy (non-hydrogen) atoms. The SMILES string of the molecule is Cl.NCC(C(=O)N1CCN(CCO)CC1)c1ccc(F)cc1. The van der Waals surface area contributed by atoms with Crippen molar-refractivity contribution in [2.45, 2.75) is 5.92 Å². The average molecular weight is 332 g/mol. The van der Waals surface area contributed by atoms with Crippen LogP contribution < -0.4 is 5.73 Å². The molecule has 1 saturated heterocycles. The molecule has 1 fully saturated rings. The molecule has 0 bridgehead atoms. The lowest BCUT2D eigenvalue weighted by atomic mass is 9.97. The summed E-state index contributed by atoms with van der Waals surface area (Å²) < 4.78 is 13.0. The maximum Gasteiger partial charge on any atom is 0.231 e. The molecule has 1 aromatic carbocycles. The Morgan fingerprint density at radius 2 is 1.82 bits per heavy atom. The summed E-state index contributed by atoms with van der Waals surface area (Å²) in [4.78, 5) is 16.5. The first-order chi connectivity index (χ1) is 10.2. The maximum absolute atomic E-state index is 13.0. The van der Waals surface area contributed by atoms with Crippen molar-refractivity contribution in [2.75, 3.05) is 45.9 Å². The number of rotatable bonds is 5. The predicted molar refractivity (Wildman–Crippen MR) is 85.5 cm³/mol. The van der Waals surface area contributed by atoms with Crippen LogP contribution in [0.3, 0.4) is 0 Å². The summed E-state index contributed by atoms with van der Waals surface area (Å²) in [6, 6.07) is 5.94. The van der Waals surface area contributed by atoms with Crippen LogP contribution in [-0.4, -0.2) is 66.7 Å². The number of aliphatic hydroxyl groups excluding tert-OH is 1. The first-order valence-electron chi connectivity index (χ1n) is 7.23. The van der Waals surface area contributed by atoms with E-state index in [2.05, 4.69) is 4.90 Å². The zero-order valence-electron chi connectivity index (χ0n) is 12.4. The van der Waals surface area contributed by atoms with Crippen LogP contribution in [0.5, 0.6) is 0 Å². The van der Waals surface area contributed by atoms with Crippen LogP contribution in [0.4, 0.5) is 4.39 Å². The van der Waals surface area contributed by atoms with Crippen molar-refractivity contribution in [3.05, 3.63) is 35.6 Å². The maximum atomic E-state index is 13.0. The number of carbonyl (C=O) groups excluding carboxylic acids is 1. The molecule has 0 spiro atoms. The van der Waals surface area contributed by atoms with Crippen LogP contribution in [0.2, 0.25) is 0 Å². The average Bonchev–Trinajstić information content (AvgIpc) is 2.51. The largest absolute Gasteiger partial charge is 0.395 e. The second kappa shape index (κ2) is 9.05. The van der Waals surface area contributed by atoms with Gasteiger partial charge >= 0.3 is 0 Å². The van der Waals surface area contributed by atoms with E-state index in [4.69, 9.17) is 10.8 Å². The van der Waals surface area contributed by atoms with Gasteiger partial charge < -0.3 is 15.7 Å². The third-order valence-electron chi connectivity index (χ3n) is 3.91. The lowest BCUT2D eigenvalue weighted by molar-refractivity contribution is -0.134. The van der Waals surface area contributed by atoms with Crippen molar-refractivity contribution in [1.82, 2.24) is 9.80 Å². The molecule has 1 unspecified atom stereocenters. The summed E-state index contributed by atoms with van der Waals surface area (Å²) in [6.45, 7) is 3.77. The second-order valence-corrected chi connectivity index (χ2v) is 5.23. The Balaban J connectivity index is 0.00000242. The topological polar surface area (TPSA) is 69.8 Å². The summed E-state index contributed by atoms with van der Waals surface area (Å²) in [5.74, 6) is -0.748. The third kappa shape index (κ3) is 4.64. The Morgan fingerprint density at radius 1 is 1.23 bits per heavy atom. The summed E-state index contributed by atoms with van der Waals surface area (Å²) in [5, 5.41) is 8.92. The fourth-order valence-corrected chi connectivity index (χ4v) is 2.63. The molecule has 7 heteroatoms. The van der Waals surface area contributed by atoms with Gasteiger partial charge in [-0.25, -0.2) is 4.39 Å². The number of β-amino-alcohol motifs (C(OH)–C–C–N with tert-alkyl or cyclic N) is 1. The third-order valence-corrected chi connectivity index (χ3v) is 3.91. The van der Waals surface area contributed by atoms with E-state index in [0.29, 0.717) is 19.6 Å². The van der Waals surface area contributed by atoms with E-state index < -0.39 is 5.92 Å². The molecule has 5 nitrogen and oxygen atoms in total. The first-order valence-corrected chi connectivity index (χ1v) is 7.23. The molecular weight excluding hydrogens is 309 g/mol. The summed E-state index contributed by atoms with van der Waals surface area (Å²) in [6.07, 6.45) is 0. The van der Waals surface area contributed by atoms with E-state index in [9.17, 15) is 9.18 Å². The van der Waals surface area contributed by atoms with Crippen molar-refractivity contribution in [1.29, 1.82) is 0 Å². The standard InChI is InChI=1S/C15H22FN3O2.ClH/c16-13-3-1-12(2-4-13)14(11-17)15(21)19-7-5-18(6-8-19)9-10-20;/h1-4,14,20H,5-11,17H2;1H. The van der Waals surface area contributed by atoms with Crippen molar-refractivity contribution < 1.29 is 14.3 Å². The van der Waals surface area contributed by atoms with Crippen LogP contribution in [0.25, 0.3) is 0 Å². The molecule has 124 valence electrons. The van der Waals surface area contributed by atoms with E-state index in [1.54, 1.807) is 17.0 Å². The van der Waals surface area contributed by atoms with Crippen molar-refractivity contribution in [2.24, 2.45) is 5.73 Å². The molecular formula is C15H23ClFN3O2. The summed E-state index contributed by atoms with van der Waals surface area (Å²) in [7, 11) is 0. The van der Waals surface area contributed by atoms with Gasteiger partial charge in [-0.05, 0) is 17.7 Å². The monoisotopic (exact) mass is 331 g/mol. The van der Waals surface area contributed by atoms with Crippen LogP contribution in [0.15, 0.2) is 24.3 Å². The van der Waals surface area contributed by atoms with Gasteiger partial charge in [0.25, 0.3) is 0 Å². The molecule has 1 aliphatic rings. The van der Waals surface area contributed by atoms with Gasteiger partial charge in [0.15, 0.2) is 0 Å². The highest BCUT2D eigenvalue weighted by Crippen LogP contribution is 2.19. The second-order valence-electron chi connectivity index (χ2n) is 5.23. The molecule has 0 radical (unpaired) electrons. The van der Waals surface area contributed by atoms with Gasteiger partial charge in [0.2, 0.25) is 5.91 Å². The van der Waals surface area contributed by atoms with E-state index in [1.165, 1.54) is 12.1 Å². The molecule has 1 heterocycles. The Labute approximate surface area is 136 Å². The van der Waals surface area contributed by atoms with E-state index in [0.717, 1.165) is 18.7 Å². The zero-order valence-corrected chi connectivity index (χ0v) is 13.3. The lowest BCUT2D eigenvalue weighted by Gasteiger charge is -2.36. The number of hydrogen-bond donors (Lipinski definition) is 2. The highest BCUT2D eigenvalue weighted by Gasteiger charge is 2.27. The molecule has 0 aliphatic carbocycles. The smallest absolute Gasteiger partial charge is 0.231 e. The molecule has 1 atom stereocenters. The molecule has 3 N–H and O–H groups in total. The number of nitrogens with zero attached hydrogens (tertiary/aromatic N) is 2. The van der Waals surface area contributed by atoms with Crippen molar-refractivity contribution in [3.8, 4) is 0 Å². The minimum atomic E-state index is -0.421. The molecule has 0 aromatic heterocycles. The number of halogens is 2. The summed E-state index contributed by atoms with van der Waals surface area (Å²) >= 11 is 0. The number of hydrogen-bond acceptors (Lipinski definition) is 4. The molecule has 1 aliphatic heterocycles. The number of carbonyl (C=O) groups is 1. The Bertz CT molecular complexity index is 464. The predicted octanol–water partition coefficient (Wildman–Crippen LogP) is 0.426. The van der Waals surface area contributed by atoms with Gasteiger partial charge in [-0.3, -0.25) is 9.69 Å². The highest BCUT2D eigenvalue weighted by atomic mass is 35.5. The normalized spacial score (nSPS) is 17.0. The fraction of sp³-hybridized carbons (Fsp3) is 0.533. The quantitative estimate of drug-likeness (QED) is 0.821. The first kappa shape index (κ1) is 18.8. The molecule has 0 saturated carbocycles. The Kier molecular flexibility index (Phi) is 7.75. The molecule has 1 aromatic rings. The number of amides is 1. The van der Waals surface area contributed by atoms with Crippen LogP contribution in [0.1, 0.15) is 11.5 Å². The van der Waals surface area contributed by atoms with Crippen molar-refractivity contribution in [3.63, 3.8) is 0 Å². The van der Waals surface area contributed by atoms with Crippen molar-refractivity contribution >= 4 is 18.3 Å². The number of piperazine rings is 1. The van der Waals surface area contributed by atoms with Crippen LogP contribution in [0, 0.1) is 5.82 Å². The highest BCUT2D eigenvalue weighted by molar-refractivity contribution is 5.85. The van der Waals surface area contributed by atoms with E-state index in [1.807, 2.05) is 0 Å². The van der Waals surface area contributed by atoms with Gasteiger partial charge in [-0.15, -0.1) is 12.4 Å². The number of benzene rings is 1. The number of nitrogens with two attached hydrogens (primary N) is 1. The summed E-state index contributed by atoms with van der Waals surface area (Å²) in [5.41, 5.74) is 6.49. The minimum absolute atomic E-state index is 0. The Hall–Kier alpha value is -1.21. The van der Waals surface area contributed by atoms with E-state index >= 15 is 0 Å². The zero-order chi connectivity index (χ0) is 15.2. The van der Waals surface area contributed by atoms with Gasteiger partial charge in [-0.2, -0.15) is 0 Å². The fourth-order valence-electron chi connectivity index (χ4n) is 2.63. The van der Waals surface area contributed by atoms with Gasteiger partial charge in [-0.1, -0.05) is 12.1 Å². The Morgan fingerprint density at radius 3 is 2.32 bits per heavy atom. The molecule has 2 rings (SSSR count). The van der Waals surface area contributed by atoms with Crippen LogP contribution in [-0.2, 0) is 4.79 Å². The van der Waals surface area contributed by atoms with E-state index in [-0.39, 0.29) is 37.3 Å². The van der Waals surface area contributed by atoms with Gasteiger partial charge in [0.1, 0.15) is 5.82 Å². The van der Waals surface area contributed by atoms with Crippen LogP contribution >= 0.6 is 12.4 Å². The minimum Gasteiger partial charge on any atom is -0.395 e. The van der Waals surface area contributed by atoms with Gasteiger partial charge in [0.05, 0.1) is 12.5 Å².